The largest absolute Gasteiger partial charge is 0.502 e. The van der Waals surface area contributed by atoms with Gasteiger partial charge in [-0.1, -0.05) is 29.4 Å². The molecule has 3 rings (SSSR count). The summed E-state index contributed by atoms with van der Waals surface area (Å²) in [5.74, 6) is -1.55. The van der Waals surface area contributed by atoms with E-state index in [1.54, 1.807) is 0 Å². The summed E-state index contributed by atoms with van der Waals surface area (Å²) in [4.78, 5) is 37.3. The number of nitrogens with zero attached hydrogens (tertiary/aromatic N) is 3. The van der Waals surface area contributed by atoms with Crippen molar-refractivity contribution >= 4 is 29.1 Å². The Bertz CT molecular complexity index is 1010. The number of nitro groups is 2. The van der Waals surface area contributed by atoms with E-state index < -0.39 is 27.3 Å². The number of phenolic OH excluding ortho intramolecular Hbond substituents is 1. The van der Waals surface area contributed by atoms with Crippen molar-refractivity contribution in [3.8, 4) is 5.75 Å². The molecule has 130 valence electrons. The number of phenols is 1. The van der Waals surface area contributed by atoms with Gasteiger partial charge < -0.3 is 9.94 Å². The van der Waals surface area contributed by atoms with Gasteiger partial charge in [0, 0.05) is 17.7 Å². The lowest BCUT2D eigenvalue weighted by molar-refractivity contribution is -0.385. The van der Waals surface area contributed by atoms with Crippen LogP contribution in [0.3, 0.4) is 0 Å². The first kappa shape index (κ1) is 16.8. The molecule has 2 aromatic rings. The first-order chi connectivity index (χ1) is 12.4. The zero-order chi connectivity index (χ0) is 18.8. The van der Waals surface area contributed by atoms with Crippen molar-refractivity contribution in [2.45, 2.75) is 0 Å². The van der Waals surface area contributed by atoms with Crippen LogP contribution in [0.15, 0.2) is 53.2 Å². The Morgan fingerprint density at radius 3 is 2.35 bits per heavy atom. The molecular formula is C16H9N3O7. The van der Waals surface area contributed by atoms with E-state index in [0.717, 1.165) is 12.1 Å². The highest BCUT2D eigenvalue weighted by atomic mass is 16.7. The molecule has 10 heteroatoms. The summed E-state index contributed by atoms with van der Waals surface area (Å²) in [7, 11) is 0. The van der Waals surface area contributed by atoms with E-state index in [1.807, 2.05) is 0 Å². The molecule has 0 aliphatic carbocycles. The smallest absolute Gasteiger partial charge is 0.368 e. The van der Waals surface area contributed by atoms with Crippen LogP contribution >= 0.6 is 0 Å². The second kappa shape index (κ2) is 6.43. The molecule has 1 aliphatic rings. The number of nitro benzene ring substituents is 2. The van der Waals surface area contributed by atoms with Crippen LogP contribution in [0.5, 0.6) is 5.75 Å². The molecule has 0 radical (unpaired) electrons. The van der Waals surface area contributed by atoms with Gasteiger partial charge in [-0.15, -0.1) is 0 Å². The van der Waals surface area contributed by atoms with Gasteiger partial charge >= 0.3 is 11.7 Å². The highest BCUT2D eigenvalue weighted by molar-refractivity contribution is 6.32. The van der Waals surface area contributed by atoms with Gasteiger partial charge in [0.2, 0.25) is 5.75 Å². The number of para-hydroxylation sites is 2. The molecule has 26 heavy (non-hydrogen) atoms. The SMILES string of the molecule is O=C1ON=C(c2ccccc2[N+](=O)[O-])C1=Cc1cccc([N+](=O)[O-])c1O. The van der Waals surface area contributed by atoms with E-state index >= 15 is 0 Å². The summed E-state index contributed by atoms with van der Waals surface area (Å²) in [5.41, 5.74) is -1.10. The van der Waals surface area contributed by atoms with E-state index in [1.165, 1.54) is 36.4 Å². The van der Waals surface area contributed by atoms with Crippen LogP contribution in [0, 0.1) is 20.2 Å². The minimum atomic E-state index is -0.899. The molecule has 0 aromatic heterocycles. The van der Waals surface area contributed by atoms with E-state index in [0.29, 0.717) is 0 Å². The maximum Gasteiger partial charge on any atom is 0.368 e. The zero-order valence-corrected chi connectivity index (χ0v) is 12.9. The molecule has 0 fully saturated rings. The van der Waals surface area contributed by atoms with Gasteiger partial charge in [-0.25, -0.2) is 4.79 Å². The van der Waals surface area contributed by atoms with Crippen molar-refractivity contribution in [2.75, 3.05) is 0 Å². The molecule has 1 aliphatic heterocycles. The Balaban J connectivity index is 2.13. The quantitative estimate of drug-likeness (QED) is 0.384. The number of oxime groups is 1. The molecule has 0 spiro atoms. The van der Waals surface area contributed by atoms with Crippen molar-refractivity contribution in [1.82, 2.24) is 0 Å². The third kappa shape index (κ3) is 2.86. The van der Waals surface area contributed by atoms with Crippen LogP contribution < -0.4 is 0 Å². The Morgan fingerprint density at radius 2 is 1.65 bits per heavy atom. The molecule has 0 atom stereocenters. The zero-order valence-electron chi connectivity index (χ0n) is 12.9. The van der Waals surface area contributed by atoms with Crippen molar-refractivity contribution in [2.24, 2.45) is 5.16 Å². The maximum absolute atomic E-state index is 12.0. The van der Waals surface area contributed by atoms with Gasteiger partial charge in [0.05, 0.1) is 21.0 Å². The van der Waals surface area contributed by atoms with Crippen LogP contribution in [-0.4, -0.2) is 26.6 Å². The lowest BCUT2D eigenvalue weighted by atomic mass is 9.99. The summed E-state index contributed by atoms with van der Waals surface area (Å²) < 4.78 is 0. The fourth-order valence-corrected chi connectivity index (χ4v) is 2.40. The first-order valence-electron chi connectivity index (χ1n) is 7.11. The second-order valence-corrected chi connectivity index (χ2v) is 5.12. The fraction of sp³-hybridized carbons (Fsp3) is 0. The van der Waals surface area contributed by atoms with Crippen LogP contribution in [-0.2, 0) is 9.63 Å². The summed E-state index contributed by atoms with van der Waals surface area (Å²) in [6.07, 6.45) is 1.13. The molecule has 0 saturated heterocycles. The molecular weight excluding hydrogens is 346 g/mol. The summed E-state index contributed by atoms with van der Waals surface area (Å²) in [5, 5.41) is 35.7. The third-order valence-electron chi connectivity index (χ3n) is 3.59. The van der Waals surface area contributed by atoms with Crippen LogP contribution in [0.1, 0.15) is 11.1 Å². The molecule has 0 unspecified atom stereocenters. The number of hydrogen-bond acceptors (Lipinski definition) is 8. The van der Waals surface area contributed by atoms with E-state index in [9.17, 15) is 30.1 Å². The van der Waals surface area contributed by atoms with Gasteiger partial charge in [-0.3, -0.25) is 20.2 Å². The van der Waals surface area contributed by atoms with Gasteiger partial charge in [0.15, 0.2) is 0 Å². The minimum Gasteiger partial charge on any atom is -0.502 e. The molecule has 0 amide bonds. The van der Waals surface area contributed by atoms with Gasteiger partial charge in [-0.2, -0.15) is 0 Å². The average molecular weight is 355 g/mol. The summed E-state index contributed by atoms with van der Waals surface area (Å²) in [6.45, 7) is 0. The summed E-state index contributed by atoms with van der Waals surface area (Å²) >= 11 is 0. The molecule has 2 aromatic carbocycles. The average Bonchev–Trinajstić information content (AvgIpc) is 2.97. The van der Waals surface area contributed by atoms with Crippen molar-refractivity contribution in [3.63, 3.8) is 0 Å². The van der Waals surface area contributed by atoms with Crippen LogP contribution in [0.4, 0.5) is 11.4 Å². The number of aromatic hydroxyl groups is 1. The van der Waals surface area contributed by atoms with E-state index in [-0.39, 0.29) is 28.1 Å². The highest BCUT2D eigenvalue weighted by Crippen LogP contribution is 2.33. The maximum atomic E-state index is 12.0. The van der Waals surface area contributed by atoms with Crippen molar-refractivity contribution < 1.29 is 24.6 Å². The van der Waals surface area contributed by atoms with Gasteiger partial charge in [0.1, 0.15) is 5.71 Å². The van der Waals surface area contributed by atoms with E-state index in [2.05, 4.69) is 9.99 Å². The molecule has 1 heterocycles. The Hall–Kier alpha value is -4.08. The number of carbonyl (C=O) groups excluding carboxylic acids is 1. The number of hydrogen-bond donors (Lipinski definition) is 1. The second-order valence-electron chi connectivity index (χ2n) is 5.12. The van der Waals surface area contributed by atoms with E-state index in [4.69, 9.17) is 0 Å². The number of benzene rings is 2. The minimum absolute atomic E-state index is 0.0284. The fourth-order valence-electron chi connectivity index (χ4n) is 2.40. The molecule has 0 saturated carbocycles. The highest BCUT2D eigenvalue weighted by Gasteiger charge is 2.32. The Labute approximate surface area is 144 Å². The third-order valence-corrected chi connectivity index (χ3v) is 3.59. The normalized spacial score (nSPS) is 14.8. The molecule has 1 N–H and O–H groups in total. The topological polar surface area (TPSA) is 145 Å². The lowest BCUT2D eigenvalue weighted by Crippen LogP contribution is -2.09. The lowest BCUT2D eigenvalue weighted by Gasteiger charge is -2.04. The Kier molecular flexibility index (Phi) is 4.15. The standard InChI is InChI=1S/C16H9N3O7/c20-15-9(4-3-7-13(15)19(24)25)8-11-14(17-26-16(11)21)10-5-1-2-6-12(10)18(22)23/h1-8,20H. The van der Waals surface area contributed by atoms with Crippen LogP contribution in [0.25, 0.3) is 6.08 Å². The Morgan fingerprint density at radius 1 is 1.00 bits per heavy atom. The molecule has 10 nitrogen and oxygen atoms in total. The molecule has 0 bridgehead atoms. The van der Waals surface area contributed by atoms with Gasteiger partial charge in [-0.05, 0) is 12.1 Å². The van der Waals surface area contributed by atoms with Crippen molar-refractivity contribution in [1.29, 1.82) is 0 Å². The monoisotopic (exact) mass is 355 g/mol. The number of rotatable bonds is 4. The number of carbonyl (C=O) groups is 1. The predicted octanol–water partition coefficient (Wildman–Crippen LogP) is 2.55. The van der Waals surface area contributed by atoms with Gasteiger partial charge in [0.25, 0.3) is 5.69 Å². The van der Waals surface area contributed by atoms with Crippen LogP contribution in [0.2, 0.25) is 0 Å². The predicted molar refractivity (Wildman–Crippen MR) is 88.5 cm³/mol. The van der Waals surface area contributed by atoms with Crippen molar-refractivity contribution in [3.05, 3.63) is 79.4 Å². The first-order valence-corrected chi connectivity index (χ1v) is 7.11. The summed E-state index contributed by atoms with van der Waals surface area (Å²) in [6, 6.07) is 9.38.